The molecule has 26 heavy (non-hydrogen) atoms. The fourth-order valence-electron chi connectivity index (χ4n) is 3.19. The van der Waals surface area contributed by atoms with Gasteiger partial charge in [0.05, 0.1) is 31.2 Å². The topological polar surface area (TPSA) is 51.7 Å². The van der Waals surface area contributed by atoms with E-state index in [1.54, 1.807) is 24.3 Å². The molecule has 1 aromatic carbocycles. The molecule has 1 saturated heterocycles. The van der Waals surface area contributed by atoms with E-state index in [0.29, 0.717) is 28.0 Å². The number of nitrogens with zero attached hydrogens (tertiary/aromatic N) is 2. The van der Waals surface area contributed by atoms with Crippen LogP contribution in [0.15, 0.2) is 24.3 Å². The van der Waals surface area contributed by atoms with Gasteiger partial charge in [0.15, 0.2) is 0 Å². The van der Waals surface area contributed by atoms with Crippen molar-refractivity contribution in [2.45, 2.75) is 19.0 Å². The molecular weight excluding hydrogens is 349 g/mol. The van der Waals surface area contributed by atoms with Gasteiger partial charge >= 0.3 is 12.1 Å². The van der Waals surface area contributed by atoms with E-state index in [-0.39, 0.29) is 25.9 Å². The molecule has 1 aliphatic rings. The zero-order chi connectivity index (χ0) is 18.9. The summed E-state index contributed by atoms with van der Waals surface area (Å²) in [5, 5.41) is 0.717. The lowest BCUT2D eigenvalue weighted by Gasteiger charge is -2.33. The van der Waals surface area contributed by atoms with E-state index in [1.165, 1.54) is 14.2 Å². The number of rotatable bonds is 3. The number of aromatic nitrogens is 1. The number of piperidine rings is 1. The predicted octanol–water partition coefficient (Wildman–Crippen LogP) is 3.81. The maximum absolute atomic E-state index is 12.9. The number of anilines is 1. The van der Waals surface area contributed by atoms with Gasteiger partial charge in [-0.2, -0.15) is 13.2 Å². The van der Waals surface area contributed by atoms with Crippen molar-refractivity contribution in [2.24, 2.45) is 5.92 Å². The van der Waals surface area contributed by atoms with Gasteiger partial charge in [0.1, 0.15) is 11.6 Å². The van der Waals surface area contributed by atoms with Crippen LogP contribution in [0.5, 0.6) is 5.75 Å². The highest BCUT2D eigenvalue weighted by Gasteiger charge is 2.41. The van der Waals surface area contributed by atoms with Gasteiger partial charge in [0.2, 0.25) is 0 Å². The minimum absolute atomic E-state index is 0.0354. The van der Waals surface area contributed by atoms with Crippen LogP contribution in [0.1, 0.15) is 23.2 Å². The molecule has 1 fully saturated rings. The summed E-state index contributed by atoms with van der Waals surface area (Å²) in [4.78, 5) is 18.1. The van der Waals surface area contributed by atoms with Crippen molar-refractivity contribution in [1.29, 1.82) is 0 Å². The largest absolute Gasteiger partial charge is 0.496 e. The van der Waals surface area contributed by atoms with Gasteiger partial charge in [-0.3, -0.25) is 0 Å². The molecule has 0 aliphatic carbocycles. The number of benzene rings is 1. The molecule has 0 unspecified atom stereocenters. The number of pyridine rings is 1. The van der Waals surface area contributed by atoms with Crippen LogP contribution in [0.3, 0.4) is 0 Å². The smallest absolute Gasteiger partial charge is 0.391 e. The summed E-state index contributed by atoms with van der Waals surface area (Å²) in [6, 6.07) is 6.64. The quantitative estimate of drug-likeness (QED) is 0.771. The van der Waals surface area contributed by atoms with Crippen molar-refractivity contribution >= 4 is 22.7 Å². The highest BCUT2D eigenvalue weighted by molar-refractivity contribution is 5.96. The van der Waals surface area contributed by atoms with Gasteiger partial charge in [-0.15, -0.1) is 0 Å². The first-order chi connectivity index (χ1) is 12.3. The van der Waals surface area contributed by atoms with Crippen LogP contribution >= 0.6 is 0 Å². The third-order valence-corrected chi connectivity index (χ3v) is 4.68. The van der Waals surface area contributed by atoms with Crippen LogP contribution in [0.4, 0.5) is 19.0 Å². The Morgan fingerprint density at radius 2 is 1.88 bits per heavy atom. The van der Waals surface area contributed by atoms with Crippen LogP contribution in [0.2, 0.25) is 0 Å². The zero-order valence-corrected chi connectivity index (χ0v) is 14.5. The normalized spacial score (nSPS) is 16.0. The molecule has 0 N–H and O–H groups in total. The lowest BCUT2D eigenvalue weighted by atomic mass is 9.96. The summed E-state index contributed by atoms with van der Waals surface area (Å²) < 4.78 is 48.7. The Morgan fingerprint density at radius 1 is 1.19 bits per heavy atom. The zero-order valence-electron chi connectivity index (χ0n) is 14.5. The summed E-state index contributed by atoms with van der Waals surface area (Å²) in [5.41, 5.74) is 0.877. The summed E-state index contributed by atoms with van der Waals surface area (Å²) in [7, 11) is 2.81. The highest BCUT2D eigenvalue weighted by Crippen LogP contribution is 2.36. The van der Waals surface area contributed by atoms with Gasteiger partial charge in [-0.05, 0) is 31.0 Å². The second kappa shape index (κ2) is 7.01. The first-order valence-corrected chi connectivity index (χ1v) is 8.22. The molecule has 0 atom stereocenters. The number of carbonyl (C=O) groups is 1. The minimum atomic E-state index is -4.16. The lowest BCUT2D eigenvalue weighted by Crippen LogP contribution is -2.39. The second-order valence-electron chi connectivity index (χ2n) is 6.21. The predicted molar refractivity (Wildman–Crippen MR) is 90.6 cm³/mol. The molecule has 140 valence electrons. The molecule has 0 saturated carbocycles. The van der Waals surface area contributed by atoms with Crippen molar-refractivity contribution in [3.05, 3.63) is 29.8 Å². The van der Waals surface area contributed by atoms with E-state index in [1.807, 2.05) is 4.90 Å². The summed E-state index contributed by atoms with van der Waals surface area (Å²) in [5.74, 6) is -0.660. The molecule has 5 nitrogen and oxygen atoms in total. The summed E-state index contributed by atoms with van der Waals surface area (Å²) in [6.45, 7) is 0.533. The number of alkyl halides is 3. The van der Waals surface area contributed by atoms with Crippen LogP contribution in [-0.4, -0.2) is 44.4 Å². The Morgan fingerprint density at radius 3 is 2.46 bits per heavy atom. The number of esters is 1. The molecule has 2 heterocycles. The van der Waals surface area contributed by atoms with E-state index >= 15 is 0 Å². The monoisotopic (exact) mass is 368 g/mol. The number of hydrogen-bond donors (Lipinski definition) is 0. The van der Waals surface area contributed by atoms with Crippen LogP contribution < -0.4 is 9.64 Å². The average Bonchev–Trinajstić information content (AvgIpc) is 2.65. The van der Waals surface area contributed by atoms with Gasteiger partial charge in [-0.25, -0.2) is 9.78 Å². The van der Waals surface area contributed by atoms with E-state index in [4.69, 9.17) is 9.47 Å². The van der Waals surface area contributed by atoms with Crippen molar-refractivity contribution in [3.63, 3.8) is 0 Å². The number of halogens is 3. The van der Waals surface area contributed by atoms with E-state index in [9.17, 15) is 18.0 Å². The number of methoxy groups -OCH3 is 2. The van der Waals surface area contributed by atoms with Crippen LogP contribution in [-0.2, 0) is 4.74 Å². The molecule has 1 aromatic heterocycles. The Kier molecular flexibility index (Phi) is 4.93. The third kappa shape index (κ3) is 3.54. The van der Waals surface area contributed by atoms with Crippen molar-refractivity contribution in [2.75, 3.05) is 32.2 Å². The molecule has 1 aliphatic heterocycles. The van der Waals surface area contributed by atoms with E-state index in [2.05, 4.69) is 4.98 Å². The van der Waals surface area contributed by atoms with Crippen molar-refractivity contribution in [3.8, 4) is 5.75 Å². The van der Waals surface area contributed by atoms with Crippen molar-refractivity contribution in [1.82, 2.24) is 4.98 Å². The fraction of sp³-hybridized carbons (Fsp3) is 0.444. The molecule has 0 amide bonds. The molecule has 2 aromatic rings. The SMILES string of the molecule is COC(=O)c1ccc2c(OC)cc(N3CCC(C(F)(F)F)CC3)nc2c1. The molecule has 0 radical (unpaired) electrons. The first-order valence-electron chi connectivity index (χ1n) is 8.22. The lowest BCUT2D eigenvalue weighted by molar-refractivity contribution is -0.179. The molecular formula is C18H19F3N2O3. The maximum atomic E-state index is 12.9. The Bertz CT molecular complexity index is 815. The standard InChI is InChI=1S/C18H19F3N2O3/c1-25-15-10-16(23-7-5-12(6-8-23)18(19,20)21)22-14-9-11(17(24)26-2)3-4-13(14)15/h3-4,9-10,12H,5-8H2,1-2H3. The fourth-order valence-corrected chi connectivity index (χ4v) is 3.19. The Hall–Kier alpha value is -2.51. The van der Waals surface area contributed by atoms with E-state index in [0.717, 1.165) is 0 Å². The molecule has 0 spiro atoms. The number of fused-ring (bicyclic) bond motifs is 1. The highest BCUT2D eigenvalue weighted by atomic mass is 19.4. The van der Waals surface area contributed by atoms with Crippen LogP contribution in [0, 0.1) is 5.92 Å². The maximum Gasteiger partial charge on any atom is 0.391 e. The van der Waals surface area contributed by atoms with Crippen LogP contribution in [0.25, 0.3) is 10.9 Å². The van der Waals surface area contributed by atoms with Gasteiger partial charge < -0.3 is 14.4 Å². The average molecular weight is 368 g/mol. The molecule has 0 bridgehead atoms. The number of hydrogen-bond acceptors (Lipinski definition) is 5. The second-order valence-corrected chi connectivity index (χ2v) is 6.21. The van der Waals surface area contributed by atoms with Gasteiger partial charge in [0.25, 0.3) is 0 Å². The summed E-state index contributed by atoms with van der Waals surface area (Å²) >= 11 is 0. The molecule has 8 heteroatoms. The summed E-state index contributed by atoms with van der Waals surface area (Å²) in [6.07, 6.45) is -4.09. The number of carbonyl (C=O) groups excluding carboxylic acids is 1. The van der Waals surface area contributed by atoms with Gasteiger partial charge in [-0.1, -0.05) is 0 Å². The number of ether oxygens (including phenoxy) is 2. The Labute approximate surface area is 148 Å². The van der Waals surface area contributed by atoms with Gasteiger partial charge in [0, 0.05) is 24.5 Å². The van der Waals surface area contributed by atoms with E-state index < -0.39 is 18.1 Å². The third-order valence-electron chi connectivity index (χ3n) is 4.68. The van der Waals surface area contributed by atoms with Crippen molar-refractivity contribution < 1.29 is 27.4 Å². The molecule has 3 rings (SSSR count). The minimum Gasteiger partial charge on any atom is -0.496 e. The first kappa shape index (κ1) is 18.3. The Balaban J connectivity index is 1.92.